The molecule has 2 aromatic carbocycles. The van der Waals surface area contributed by atoms with Crippen LogP contribution in [-0.4, -0.2) is 48.2 Å². The Morgan fingerprint density at radius 3 is 2.37 bits per heavy atom. The van der Waals surface area contributed by atoms with Crippen LogP contribution in [0.2, 0.25) is 0 Å². The van der Waals surface area contributed by atoms with Gasteiger partial charge in [0.2, 0.25) is 5.91 Å². The number of fused-ring (bicyclic) bond motifs is 1. The molecular formula is C28H38N4O3. The lowest BCUT2D eigenvalue weighted by Gasteiger charge is -2.39. The van der Waals surface area contributed by atoms with Gasteiger partial charge >= 0.3 is 6.09 Å². The minimum absolute atomic E-state index is 0.00210. The van der Waals surface area contributed by atoms with Crippen molar-refractivity contribution in [3.8, 4) is 11.1 Å². The van der Waals surface area contributed by atoms with E-state index >= 15 is 0 Å². The number of alkyl carbamates (subject to hydrolysis) is 1. The molecule has 2 heterocycles. The number of piperidine rings is 1. The number of hydrogen-bond acceptors (Lipinski definition) is 5. The molecule has 0 bridgehead atoms. The van der Waals surface area contributed by atoms with Gasteiger partial charge in [0.15, 0.2) is 0 Å². The number of benzene rings is 2. The number of likely N-dealkylation sites (tertiary alicyclic amines) is 1. The number of ether oxygens (including phenoxy) is 1. The SMILES string of the molecule is CC(=O)N1c2ccc(-c3ccc(CN4CCC(N)CC4)cc3)cc2[C@H](NC(=O)OC(C)C)C[C@@H]1C. The van der Waals surface area contributed by atoms with Gasteiger partial charge in [0.25, 0.3) is 0 Å². The molecule has 2 aliphatic rings. The zero-order chi connectivity index (χ0) is 25.1. The van der Waals surface area contributed by atoms with Crippen molar-refractivity contribution in [2.75, 3.05) is 18.0 Å². The Bertz CT molecular complexity index is 1040. The van der Waals surface area contributed by atoms with E-state index in [1.165, 1.54) is 5.56 Å². The number of amides is 2. The van der Waals surface area contributed by atoms with E-state index in [0.717, 1.165) is 54.9 Å². The number of nitrogens with two attached hydrogens (primary N) is 1. The predicted octanol–water partition coefficient (Wildman–Crippen LogP) is 4.60. The quantitative estimate of drug-likeness (QED) is 0.656. The predicted molar refractivity (Wildman–Crippen MR) is 139 cm³/mol. The van der Waals surface area contributed by atoms with Gasteiger partial charge in [-0.15, -0.1) is 0 Å². The molecule has 0 unspecified atom stereocenters. The second-order valence-electron chi connectivity index (χ2n) is 10.2. The average Bonchev–Trinajstić information content (AvgIpc) is 2.80. The van der Waals surface area contributed by atoms with Crippen molar-refractivity contribution < 1.29 is 14.3 Å². The van der Waals surface area contributed by atoms with Gasteiger partial charge in [-0.05, 0) is 87.5 Å². The molecule has 2 atom stereocenters. The highest BCUT2D eigenvalue weighted by molar-refractivity contribution is 5.94. The molecule has 0 saturated carbocycles. The maximum Gasteiger partial charge on any atom is 0.407 e. The van der Waals surface area contributed by atoms with Crippen LogP contribution >= 0.6 is 0 Å². The molecule has 35 heavy (non-hydrogen) atoms. The molecule has 3 N–H and O–H groups in total. The molecule has 2 aromatic rings. The van der Waals surface area contributed by atoms with E-state index in [1.54, 1.807) is 6.92 Å². The topological polar surface area (TPSA) is 87.9 Å². The van der Waals surface area contributed by atoms with E-state index in [-0.39, 0.29) is 24.1 Å². The molecule has 0 aromatic heterocycles. The van der Waals surface area contributed by atoms with E-state index in [9.17, 15) is 9.59 Å². The highest BCUT2D eigenvalue weighted by Gasteiger charge is 2.33. The summed E-state index contributed by atoms with van der Waals surface area (Å²) in [5.41, 5.74) is 11.3. The van der Waals surface area contributed by atoms with Crippen molar-refractivity contribution in [2.24, 2.45) is 5.73 Å². The van der Waals surface area contributed by atoms with Crippen molar-refractivity contribution in [2.45, 2.75) is 77.7 Å². The molecule has 7 heteroatoms. The summed E-state index contributed by atoms with van der Waals surface area (Å²) in [5, 5.41) is 3.02. The van der Waals surface area contributed by atoms with Crippen molar-refractivity contribution in [1.82, 2.24) is 10.2 Å². The lowest BCUT2D eigenvalue weighted by Crippen LogP contribution is -2.45. The monoisotopic (exact) mass is 478 g/mol. The summed E-state index contributed by atoms with van der Waals surface area (Å²) in [6, 6.07) is 14.9. The molecule has 1 saturated heterocycles. The van der Waals surface area contributed by atoms with Crippen LogP contribution in [0.25, 0.3) is 11.1 Å². The van der Waals surface area contributed by atoms with Gasteiger partial charge in [-0.2, -0.15) is 0 Å². The lowest BCUT2D eigenvalue weighted by molar-refractivity contribution is -0.117. The van der Waals surface area contributed by atoms with Crippen molar-refractivity contribution in [3.05, 3.63) is 53.6 Å². The molecule has 2 amide bonds. The fourth-order valence-corrected chi connectivity index (χ4v) is 5.22. The summed E-state index contributed by atoms with van der Waals surface area (Å²) in [5.74, 6) is -0.00210. The first-order chi connectivity index (χ1) is 16.7. The second-order valence-corrected chi connectivity index (χ2v) is 10.2. The van der Waals surface area contributed by atoms with Gasteiger partial charge in [-0.25, -0.2) is 4.79 Å². The first-order valence-corrected chi connectivity index (χ1v) is 12.7. The minimum atomic E-state index is -0.437. The number of rotatable bonds is 5. The van der Waals surface area contributed by atoms with Crippen LogP contribution in [-0.2, 0) is 16.1 Å². The third-order valence-electron chi connectivity index (χ3n) is 6.98. The molecule has 7 nitrogen and oxygen atoms in total. The summed E-state index contributed by atoms with van der Waals surface area (Å²) in [7, 11) is 0. The van der Waals surface area contributed by atoms with E-state index in [0.29, 0.717) is 12.5 Å². The average molecular weight is 479 g/mol. The van der Waals surface area contributed by atoms with E-state index in [1.807, 2.05) is 31.7 Å². The van der Waals surface area contributed by atoms with E-state index in [2.05, 4.69) is 46.6 Å². The molecule has 0 spiro atoms. The fourth-order valence-electron chi connectivity index (χ4n) is 5.22. The Balaban J connectivity index is 1.57. The standard InChI is InChI=1S/C28H38N4O3/c1-18(2)35-28(34)30-26-15-19(3)32(20(4)33)27-10-9-23(16-25(26)27)22-7-5-21(6-8-22)17-31-13-11-24(29)12-14-31/h5-10,16,18-19,24,26H,11-15,17,29H2,1-4H3,(H,30,34)/t19-,26+/m0/s1. The number of carbonyl (C=O) groups is 2. The number of anilines is 1. The lowest BCUT2D eigenvalue weighted by atomic mass is 9.89. The van der Waals surface area contributed by atoms with Crippen LogP contribution in [0.15, 0.2) is 42.5 Å². The number of hydrogen-bond donors (Lipinski definition) is 2. The molecule has 4 rings (SSSR count). The first kappa shape index (κ1) is 25.2. The Hall–Kier alpha value is -2.90. The minimum Gasteiger partial charge on any atom is -0.447 e. The largest absolute Gasteiger partial charge is 0.447 e. The number of nitrogens with one attached hydrogen (secondary N) is 1. The van der Waals surface area contributed by atoms with Crippen molar-refractivity contribution in [3.63, 3.8) is 0 Å². The maximum absolute atomic E-state index is 12.4. The zero-order valence-corrected chi connectivity index (χ0v) is 21.3. The normalized spacial score (nSPS) is 21.0. The molecule has 188 valence electrons. The second kappa shape index (κ2) is 10.8. The van der Waals surface area contributed by atoms with Gasteiger partial charge in [-0.3, -0.25) is 9.69 Å². The summed E-state index contributed by atoms with van der Waals surface area (Å²) in [4.78, 5) is 29.1. The van der Waals surface area contributed by atoms with Gasteiger partial charge in [-0.1, -0.05) is 30.3 Å². The van der Waals surface area contributed by atoms with Gasteiger partial charge < -0.3 is 20.7 Å². The van der Waals surface area contributed by atoms with Crippen LogP contribution in [0.4, 0.5) is 10.5 Å². The highest BCUT2D eigenvalue weighted by Crippen LogP contribution is 2.39. The third kappa shape index (κ3) is 6.03. The van der Waals surface area contributed by atoms with Crippen LogP contribution in [0, 0.1) is 0 Å². The Labute approximate surface area is 208 Å². The van der Waals surface area contributed by atoms with Crippen LogP contribution in [0.3, 0.4) is 0 Å². The van der Waals surface area contributed by atoms with E-state index < -0.39 is 6.09 Å². The first-order valence-electron chi connectivity index (χ1n) is 12.7. The zero-order valence-electron chi connectivity index (χ0n) is 21.3. The maximum atomic E-state index is 12.4. The smallest absolute Gasteiger partial charge is 0.407 e. The molecule has 0 aliphatic carbocycles. The Morgan fingerprint density at radius 2 is 1.74 bits per heavy atom. The summed E-state index contributed by atoms with van der Waals surface area (Å²) in [6.45, 7) is 10.3. The van der Waals surface area contributed by atoms with Crippen molar-refractivity contribution in [1.29, 1.82) is 0 Å². The molecule has 2 aliphatic heterocycles. The summed E-state index contributed by atoms with van der Waals surface area (Å²) >= 11 is 0. The Kier molecular flexibility index (Phi) is 7.77. The Morgan fingerprint density at radius 1 is 1.09 bits per heavy atom. The molecule has 1 fully saturated rings. The van der Waals surface area contributed by atoms with Gasteiger partial charge in [0, 0.05) is 31.2 Å². The molecular weight excluding hydrogens is 440 g/mol. The van der Waals surface area contributed by atoms with Gasteiger partial charge in [0.05, 0.1) is 12.1 Å². The van der Waals surface area contributed by atoms with Gasteiger partial charge in [0.1, 0.15) is 0 Å². The van der Waals surface area contributed by atoms with Crippen molar-refractivity contribution >= 4 is 17.7 Å². The summed E-state index contributed by atoms with van der Waals surface area (Å²) in [6.07, 6.45) is 2.11. The molecule has 0 radical (unpaired) electrons. The van der Waals surface area contributed by atoms with E-state index in [4.69, 9.17) is 10.5 Å². The van der Waals surface area contributed by atoms with Crippen LogP contribution in [0.5, 0.6) is 0 Å². The number of carbonyl (C=O) groups excluding carboxylic acids is 2. The summed E-state index contributed by atoms with van der Waals surface area (Å²) < 4.78 is 5.33. The fraction of sp³-hybridized carbons (Fsp3) is 0.500. The van der Waals surface area contributed by atoms with Crippen LogP contribution in [0.1, 0.15) is 64.1 Å². The van der Waals surface area contributed by atoms with Crippen LogP contribution < -0.4 is 16.0 Å². The highest BCUT2D eigenvalue weighted by atomic mass is 16.6. The third-order valence-corrected chi connectivity index (χ3v) is 6.98. The number of nitrogens with zero attached hydrogens (tertiary/aromatic N) is 2.